The largest absolute Gasteiger partial charge is 0.445 e. The first-order valence-electron chi connectivity index (χ1n) is 5.77. The SMILES string of the molecule is CCSC(=O)[C@H](C)NC(=O)OCc1ccccc1. The lowest BCUT2D eigenvalue weighted by molar-refractivity contribution is -0.112. The second-order valence-corrected chi connectivity index (χ2v) is 4.95. The molecular formula is C13H17NO3S. The fourth-order valence-corrected chi connectivity index (χ4v) is 1.86. The molecule has 1 aromatic carbocycles. The molecule has 0 fully saturated rings. The molecule has 1 amide bonds. The Hall–Kier alpha value is -1.49. The molecule has 0 aliphatic rings. The molecule has 0 aliphatic heterocycles. The Labute approximate surface area is 111 Å². The number of thioether (sulfide) groups is 1. The van der Waals surface area contributed by atoms with Crippen LogP contribution in [-0.2, 0) is 16.1 Å². The van der Waals surface area contributed by atoms with E-state index in [0.717, 1.165) is 5.56 Å². The average Bonchev–Trinajstić information content (AvgIpc) is 2.38. The van der Waals surface area contributed by atoms with Gasteiger partial charge < -0.3 is 10.1 Å². The van der Waals surface area contributed by atoms with Crippen molar-refractivity contribution in [2.45, 2.75) is 26.5 Å². The van der Waals surface area contributed by atoms with Crippen molar-refractivity contribution in [3.05, 3.63) is 35.9 Å². The molecule has 0 spiro atoms. The van der Waals surface area contributed by atoms with Crippen molar-refractivity contribution in [1.29, 1.82) is 0 Å². The van der Waals surface area contributed by atoms with Crippen molar-refractivity contribution in [3.63, 3.8) is 0 Å². The molecule has 0 aromatic heterocycles. The minimum atomic E-state index is -0.573. The van der Waals surface area contributed by atoms with Crippen LogP contribution in [0.5, 0.6) is 0 Å². The zero-order chi connectivity index (χ0) is 13.4. The summed E-state index contributed by atoms with van der Waals surface area (Å²) < 4.78 is 5.02. The van der Waals surface area contributed by atoms with E-state index >= 15 is 0 Å². The summed E-state index contributed by atoms with van der Waals surface area (Å²) in [5, 5.41) is 2.44. The van der Waals surface area contributed by atoms with E-state index in [-0.39, 0.29) is 11.7 Å². The molecule has 1 rings (SSSR count). The molecule has 98 valence electrons. The maximum Gasteiger partial charge on any atom is 0.408 e. The molecule has 0 saturated heterocycles. The molecule has 0 unspecified atom stereocenters. The van der Waals surface area contributed by atoms with Gasteiger partial charge in [0.1, 0.15) is 6.61 Å². The van der Waals surface area contributed by atoms with E-state index in [4.69, 9.17) is 4.74 Å². The maximum absolute atomic E-state index is 11.4. The van der Waals surface area contributed by atoms with E-state index in [0.29, 0.717) is 5.75 Å². The lowest BCUT2D eigenvalue weighted by atomic mass is 10.2. The molecular weight excluding hydrogens is 250 g/mol. The highest BCUT2D eigenvalue weighted by Gasteiger charge is 2.15. The summed E-state index contributed by atoms with van der Waals surface area (Å²) in [5.74, 6) is 0.698. The van der Waals surface area contributed by atoms with Gasteiger partial charge in [-0.2, -0.15) is 0 Å². The zero-order valence-corrected chi connectivity index (χ0v) is 11.3. The number of benzene rings is 1. The standard InChI is InChI=1S/C13H17NO3S/c1-3-18-12(15)10(2)14-13(16)17-9-11-7-5-4-6-8-11/h4-8,10H,3,9H2,1-2H3,(H,14,16)/t10-/m0/s1. The molecule has 4 nitrogen and oxygen atoms in total. The molecule has 1 N–H and O–H groups in total. The maximum atomic E-state index is 11.4. The number of nitrogens with one attached hydrogen (secondary N) is 1. The van der Waals surface area contributed by atoms with Crippen molar-refractivity contribution < 1.29 is 14.3 Å². The number of ether oxygens (including phenoxy) is 1. The Balaban J connectivity index is 2.31. The number of alkyl carbamates (subject to hydrolysis) is 1. The lowest BCUT2D eigenvalue weighted by Gasteiger charge is -2.12. The molecule has 0 bridgehead atoms. The van der Waals surface area contributed by atoms with Crippen molar-refractivity contribution in [2.75, 3.05) is 5.75 Å². The van der Waals surface area contributed by atoms with E-state index in [1.54, 1.807) is 6.92 Å². The fraction of sp³-hybridized carbons (Fsp3) is 0.385. The van der Waals surface area contributed by atoms with Gasteiger partial charge in [-0.15, -0.1) is 0 Å². The second-order valence-electron chi connectivity index (χ2n) is 3.68. The van der Waals surface area contributed by atoms with Crippen LogP contribution in [0.4, 0.5) is 4.79 Å². The smallest absolute Gasteiger partial charge is 0.408 e. The zero-order valence-electron chi connectivity index (χ0n) is 10.5. The van der Waals surface area contributed by atoms with Gasteiger partial charge in [-0.3, -0.25) is 4.79 Å². The Morgan fingerprint density at radius 3 is 2.61 bits per heavy atom. The summed E-state index contributed by atoms with van der Waals surface area (Å²) >= 11 is 1.19. The van der Waals surface area contributed by atoms with E-state index in [1.165, 1.54) is 11.8 Å². The molecule has 0 aliphatic carbocycles. The minimum absolute atomic E-state index is 0.0610. The third-order valence-electron chi connectivity index (χ3n) is 2.19. The fourth-order valence-electron chi connectivity index (χ4n) is 1.27. The summed E-state index contributed by atoms with van der Waals surface area (Å²) in [4.78, 5) is 22.9. The average molecular weight is 267 g/mol. The molecule has 0 radical (unpaired) electrons. The van der Waals surface area contributed by atoms with Crippen LogP contribution < -0.4 is 5.32 Å². The monoisotopic (exact) mass is 267 g/mol. The predicted octanol–water partition coefficient (Wildman–Crippen LogP) is 2.58. The number of hydrogen-bond donors (Lipinski definition) is 1. The van der Waals surface area contributed by atoms with Crippen LogP contribution in [0.25, 0.3) is 0 Å². The summed E-state index contributed by atoms with van der Waals surface area (Å²) in [7, 11) is 0. The van der Waals surface area contributed by atoms with Gasteiger partial charge in [0.05, 0.1) is 6.04 Å². The number of amides is 1. The molecule has 0 saturated carbocycles. The first kappa shape index (κ1) is 14.6. The van der Waals surface area contributed by atoms with Crippen LogP contribution in [0.2, 0.25) is 0 Å². The molecule has 0 heterocycles. The predicted molar refractivity (Wildman–Crippen MR) is 72.4 cm³/mol. The topological polar surface area (TPSA) is 55.4 Å². The van der Waals surface area contributed by atoms with E-state index in [9.17, 15) is 9.59 Å². The number of hydrogen-bond acceptors (Lipinski definition) is 4. The van der Waals surface area contributed by atoms with Crippen LogP contribution in [0, 0.1) is 0 Å². The Kier molecular flexibility index (Phi) is 6.28. The second kappa shape index (κ2) is 7.76. The first-order chi connectivity index (χ1) is 8.63. The van der Waals surface area contributed by atoms with Crippen LogP contribution in [-0.4, -0.2) is 23.0 Å². The summed E-state index contributed by atoms with van der Waals surface area (Å²) in [6, 6.07) is 8.86. The third kappa shape index (κ3) is 5.23. The van der Waals surface area contributed by atoms with Gasteiger partial charge in [-0.25, -0.2) is 4.79 Å². The van der Waals surface area contributed by atoms with Crippen molar-refractivity contribution in [2.24, 2.45) is 0 Å². The normalized spacial score (nSPS) is 11.7. The highest BCUT2D eigenvalue weighted by atomic mass is 32.2. The Morgan fingerprint density at radius 2 is 2.00 bits per heavy atom. The summed E-state index contributed by atoms with van der Waals surface area (Å²) in [5.41, 5.74) is 0.912. The van der Waals surface area contributed by atoms with E-state index in [1.807, 2.05) is 37.3 Å². The van der Waals surface area contributed by atoms with Gasteiger partial charge in [0, 0.05) is 0 Å². The molecule has 1 atom stereocenters. The van der Waals surface area contributed by atoms with Crippen LogP contribution >= 0.6 is 11.8 Å². The van der Waals surface area contributed by atoms with Crippen LogP contribution in [0.15, 0.2) is 30.3 Å². The van der Waals surface area contributed by atoms with Crippen molar-refractivity contribution in [3.8, 4) is 0 Å². The lowest BCUT2D eigenvalue weighted by Crippen LogP contribution is -2.37. The minimum Gasteiger partial charge on any atom is -0.445 e. The van der Waals surface area contributed by atoms with Gasteiger partial charge >= 0.3 is 6.09 Å². The van der Waals surface area contributed by atoms with Gasteiger partial charge in [0.2, 0.25) is 5.12 Å². The van der Waals surface area contributed by atoms with Gasteiger partial charge in [0.15, 0.2) is 0 Å². The first-order valence-corrected chi connectivity index (χ1v) is 6.76. The number of carbonyl (C=O) groups is 2. The van der Waals surface area contributed by atoms with Gasteiger partial charge in [0.25, 0.3) is 0 Å². The number of carbonyl (C=O) groups excluding carboxylic acids is 2. The highest BCUT2D eigenvalue weighted by molar-refractivity contribution is 8.13. The van der Waals surface area contributed by atoms with Crippen molar-refractivity contribution in [1.82, 2.24) is 5.32 Å². The summed E-state index contributed by atoms with van der Waals surface area (Å²) in [6.45, 7) is 3.74. The number of rotatable bonds is 5. The van der Waals surface area contributed by atoms with E-state index in [2.05, 4.69) is 5.32 Å². The Morgan fingerprint density at radius 1 is 1.33 bits per heavy atom. The third-order valence-corrected chi connectivity index (χ3v) is 3.11. The van der Waals surface area contributed by atoms with Gasteiger partial charge in [-0.05, 0) is 18.2 Å². The summed E-state index contributed by atoms with van der Waals surface area (Å²) in [6.07, 6.45) is -0.573. The highest BCUT2D eigenvalue weighted by Crippen LogP contribution is 2.05. The molecule has 18 heavy (non-hydrogen) atoms. The molecule has 1 aromatic rings. The molecule has 5 heteroatoms. The van der Waals surface area contributed by atoms with Crippen molar-refractivity contribution >= 4 is 23.0 Å². The van der Waals surface area contributed by atoms with Crippen LogP contribution in [0.3, 0.4) is 0 Å². The van der Waals surface area contributed by atoms with Gasteiger partial charge in [-0.1, -0.05) is 49.0 Å². The van der Waals surface area contributed by atoms with E-state index < -0.39 is 12.1 Å². The Bertz CT molecular complexity index is 394. The quantitative estimate of drug-likeness (QED) is 0.891. The van der Waals surface area contributed by atoms with Crippen LogP contribution in [0.1, 0.15) is 19.4 Å².